The average Bonchev–Trinajstić information content (AvgIpc) is 3.43. The molecule has 33 heavy (non-hydrogen) atoms. The number of benzene rings is 1. The lowest BCUT2D eigenvalue weighted by Crippen LogP contribution is -2.48. The van der Waals surface area contributed by atoms with Crippen LogP contribution in [0.4, 0.5) is 10.5 Å². The van der Waals surface area contributed by atoms with E-state index in [-0.39, 0.29) is 23.6 Å². The van der Waals surface area contributed by atoms with Gasteiger partial charge in [-0.2, -0.15) is 0 Å². The SMILES string of the molecule is CCOC(=O)C1=C(CN2CCc3cc(S(=O)(=O)N(C)C)ccc32)NC(=O)NC1c1ccco1. The molecule has 2 aliphatic rings. The van der Waals surface area contributed by atoms with E-state index in [4.69, 9.17) is 9.15 Å². The second kappa shape index (κ2) is 8.91. The van der Waals surface area contributed by atoms with E-state index in [0.29, 0.717) is 24.4 Å². The van der Waals surface area contributed by atoms with E-state index in [0.717, 1.165) is 11.3 Å². The minimum Gasteiger partial charge on any atom is -0.467 e. The number of hydrogen-bond donors (Lipinski definition) is 2. The normalized spacial score (nSPS) is 18.2. The molecule has 3 heterocycles. The van der Waals surface area contributed by atoms with Crippen molar-refractivity contribution in [2.24, 2.45) is 0 Å². The third-order valence-corrected chi connectivity index (χ3v) is 7.46. The molecule has 0 fully saturated rings. The van der Waals surface area contributed by atoms with Gasteiger partial charge in [0.05, 0.1) is 35.6 Å². The first-order valence-electron chi connectivity index (χ1n) is 10.5. The first-order valence-corrected chi connectivity index (χ1v) is 12.0. The van der Waals surface area contributed by atoms with Crippen LogP contribution in [0.15, 0.2) is 57.2 Å². The van der Waals surface area contributed by atoms with Crippen LogP contribution in [0.25, 0.3) is 0 Å². The number of carbonyl (C=O) groups excluding carboxylic acids is 2. The summed E-state index contributed by atoms with van der Waals surface area (Å²) in [5, 5.41) is 5.47. The number of amides is 2. The quantitative estimate of drug-likeness (QED) is 0.587. The maximum absolute atomic E-state index is 12.9. The van der Waals surface area contributed by atoms with E-state index in [9.17, 15) is 18.0 Å². The summed E-state index contributed by atoms with van der Waals surface area (Å²) in [5.41, 5.74) is 2.42. The van der Waals surface area contributed by atoms with Crippen LogP contribution in [0.3, 0.4) is 0 Å². The highest BCUT2D eigenvalue weighted by Crippen LogP contribution is 2.33. The minimum atomic E-state index is -3.54. The molecule has 11 heteroatoms. The predicted octanol–water partition coefficient (Wildman–Crippen LogP) is 1.76. The molecular weight excluding hydrogens is 448 g/mol. The molecule has 0 saturated carbocycles. The first kappa shape index (κ1) is 22.9. The molecule has 4 rings (SSSR count). The number of sulfonamides is 1. The standard InChI is InChI=1S/C22H26N4O6S/c1-4-31-21(27)19-16(23-22(28)24-20(19)18-6-5-11-32-18)13-26-10-9-14-12-15(7-8-17(14)26)33(29,30)25(2)3/h5-8,11-12,20H,4,9-10,13H2,1-3H3,(H2,23,24,28). The fourth-order valence-electron chi connectivity index (χ4n) is 4.03. The maximum atomic E-state index is 12.9. The number of carbonyl (C=O) groups is 2. The minimum absolute atomic E-state index is 0.185. The molecule has 1 atom stereocenters. The molecule has 2 amide bonds. The molecule has 2 aliphatic heterocycles. The highest BCUT2D eigenvalue weighted by molar-refractivity contribution is 7.89. The van der Waals surface area contributed by atoms with E-state index >= 15 is 0 Å². The number of nitrogens with one attached hydrogen (secondary N) is 2. The number of rotatable bonds is 7. The smallest absolute Gasteiger partial charge is 0.338 e. The van der Waals surface area contributed by atoms with Crippen LogP contribution in [0.5, 0.6) is 0 Å². The Hall–Kier alpha value is -3.31. The second-order valence-corrected chi connectivity index (χ2v) is 10.1. The van der Waals surface area contributed by atoms with Crippen molar-refractivity contribution in [1.82, 2.24) is 14.9 Å². The van der Waals surface area contributed by atoms with Crippen LogP contribution in [0, 0.1) is 0 Å². The van der Waals surface area contributed by atoms with Crippen molar-refractivity contribution < 1.29 is 27.2 Å². The second-order valence-electron chi connectivity index (χ2n) is 7.91. The Morgan fingerprint density at radius 3 is 2.76 bits per heavy atom. The summed E-state index contributed by atoms with van der Waals surface area (Å²) in [6, 6.07) is 7.14. The van der Waals surface area contributed by atoms with Gasteiger partial charge in [-0.3, -0.25) is 0 Å². The lowest BCUT2D eigenvalue weighted by molar-refractivity contribution is -0.139. The van der Waals surface area contributed by atoms with Gasteiger partial charge in [0.25, 0.3) is 0 Å². The van der Waals surface area contributed by atoms with Gasteiger partial charge in [-0.25, -0.2) is 22.3 Å². The van der Waals surface area contributed by atoms with Gasteiger partial charge in [0.15, 0.2) is 0 Å². The largest absolute Gasteiger partial charge is 0.467 e. The molecule has 1 aromatic carbocycles. The van der Waals surface area contributed by atoms with Gasteiger partial charge in [0, 0.05) is 26.3 Å². The van der Waals surface area contributed by atoms with Gasteiger partial charge >= 0.3 is 12.0 Å². The Balaban J connectivity index is 1.69. The summed E-state index contributed by atoms with van der Waals surface area (Å²) >= 11 is 0. The number of urea groups is 1. The fraction of sp³-hybridized carbons (Fsp3) is 0.364. The summed E-state index contributed by atoms with van der Waals surface area (Å²) < 4.78 is 36.9. The Bertz CT molecular complexity index is 1200. The average molecular weight is 475 g/mol. The zero-order chi connectivity index (χ0) is 23.8. The van der Waals surface area contributed by atoms with Gasteiger partial charge in [-0.1, -0.05) is 0 Å². The molecule has 2 N–H and O–H groups in total. The Labute approximate surface area is 192 Å². The van der Waals surface area contributed by atoms with Crippen LogP contribution in [-0.4, -0.2) is 58.5 Å². The Morgan fingerprint density at radius 2 is 2.09 bits per heavy atom. The number of nitrogens with zero attached hydrogens (tertiary/aromatic N) is 2. The molecule has 176 valence electrons. The van der Waals surface area contributed by atoms with Crippen LogP contribution >= 0.6 is 0 Å². The van der Waals surface area contributed by atoms with Crippen molar-refractivity contribution in [2.45, 2.75) is 24.3 Å². The number of fused-ring (bicyclic) bond motifs is 1. The van der Waals surface area contributed by atoms with E-state index in [1.54, 1.807) is 37.3 Å². The van der Waals surface area contributed by atoms with Gasteiger partial charge in [-0.15, -0.1) is 0 Å². The molecule has 10 nitrogen and oxygen atoms in total. The van der Waals surface area contributed by atoms with Crippen molar-refractivity contribution in [3.8, 4) is 0 Å². The van der Waals surface area contributed by atoms with E-state index in [1.165, 1.54) is 24.7 Å². The lowest BCUT2D eigenvalue weighted by atomic mass is 10.00. The highest BCUT2D eigenvalue weighted by Gasteiger charge is 2.36. The number of esters is 1. The summed E-state index contributed by atoms with van der Waals surface area (Å²) in [4.78, 5) is 27.5. The summed E-state index contributed by atoms with van der Waals surface area (Å²) in [6.45, 7) is 2.75. The van der Waals surface area contributed by atoms with Gasteiger partial charge in [0.2, 0.25) is 10.0 Å². The van der Waals surface area contributed by atoms with Crippen LogP contribution in [0.1, 0.15) is 24.3 Å². The fourth-order valence-corrected chi connectivity index (χ4v) is 4.99. The van der Waals surface area contributed by atoms with Crippen molar-refractivity contribution in [3.63, 3.8) is 0 Å². The number of furan rings is 1. The summed E-state index contributed by atoms with van der Waals surface area (Å²) in [5.74, 6) is -0.126. The monoisotopic (exact) mass is 474 g/mol. The summed E-state index contributed by atoms with van der Waals surface area (Å²) in [7, 11) is -0.553. The molecule has 0 saturated heterocycles. The van der Waals surface area contributed by atoms with Crippen molar-refractivity contribution in [2.75, 3.05) is 38.7 Å². The van der Waals surface area contributed by atoms with Crippen molar-refractivity contribution in [1.29, 1.82) is 0 Å². The predicted molar refractivity (Wildman–Crippen MR) is 120 cm³/mol. The number of hydrogen-bond acceptors (Lipinski definition) is 7. The number of anilines is 1. The molecule has 0 aliphatic carbocycles. The Morgan fingerprint density at radius 1 is 1.30 bits per heavy atom. The van der Waals surface area contributed by atoms with Gasteiger partial charge < -0.3 is 24.7 Å². The molecule has 1 aromatic heterocycles. The lowest BCUT2D eigenvalue weighted by Gasteiger charge is -2.30. The zero-order valence-electron chi connectivity index (χ0n) is 18.6. The van der Waals surface area contributed by atoms with Crippen molar-refractivity contribution in [3.05, 3.63) is 59.2 Å². The van der Waals surface area contributed by atoms with Crippen molar-refractivity contribution >= 4 is 27.7 Å². The molecule has 0 bridgehead atoms. The maximum Gasteiger partial charge on any atom is 0.338 e. The van der Waals surface area contributed by atoms with Crippen LogP contribution in [-0.2, 0) is 26.0 Å². The zero-order valence-corrected chi connectivity index (χ0v) is 19.4. The molecule has 0 radical (unpaired) electrons. The highest BCUT2D eigenvalue weighted by atomic mass is 32.2. The van der Waals surface area contributed by atoms with E-state index < -0.39 is 28.1 Å². The first-order chi connectivity index (χ1) is 15.7. The molecule has 2 aromatic rings. The summed E-state index contributed by atoms with van der Waals surface area (Å²) in [6.07, 6.45) is 2.12. The third kappa shape index (κ3) is 4.33. The van der Waals surface area contributed by atoms with E-state index in [1.807, 2.05) is 4.90 Å². The molecular formula is C22H26N4O6S. The van der Waals surface area contributed by atoms with Gasteiger partial charge in [-0.05, 0) is 49.2 Å². The Kier molecular flexibility index (Phi) is 6.17. The number of ether oxygens (including phenoxy) is 1. The third-order valence-electron chi connectivity index (χ3n) is 5.65. The molecule has 1 unspecified atom stereocenters. The molecule has 0 spiro atoms. The topological polar surface area (TPSA) is 121 Å². The van der Waals surface area contributed by atoms with Gasteiger partial charge in [0.1, 0.15) is 11.8 Å². The van der Waals surface area contributed by atoms with Crippen LogP contribution in [0.2, 0.25) is 0 Å². The van der Waals surface area contributed by atoms with E-state index in [2.05, 4.69) is 10.6 Å². The van der Waals surface area contributed by atoms with Crippen LogP contribution < -0.4 is 15.5 Å².